The Bertz CT molecular complexity index is 479. The SMILES string of the molecule is CCOc1c(C(=O)NCCCCBr)cccc1[N+](=O)[O-]. The van der Waals surface area contributed by atoms with Gasteiger partial charge in [-0.1, -0.05) is 22.0 Å². The molecule has 20 heavy (non-hydrogen) atoms. The number of amides is 1. The van der Waals surface area contributed by atoms with Crippen molar-refractivity contribution in [2.45, 2.75) is 19.8 Å². The summed E-state index contributed by atoms with van der Waals surface area (Å²) >= 11 is 3.31. The number of nitro groups is 1. The predicted molar refractivity (Wildman–Crippen MR) is 79.6 cm³/mol. The van der Waals surface area contributed by atoms with Gasteiger partial charge in [-0.3, -0.25) is 14.9 Å². The minimum Gasteiger partial charge on any atom is -0.487 e. The first-order valence-electron chi connectivity index (χ1n) is 6.36. The molecule has 6 nitrogen and oxygen atoms in total. The summed E-state index contributed by atoms with van der Waals surface area (Å²) in [5, 5.41) is 14.6. The quantitative estimate of drug-likeness (QED) is 0.340. The highest BCUT2D eigenvalue weighted by atomic mass is 79.9. The Morgan fingerprint density at radius 3 is 2.80 bits per heavy atom. The lowest BCUT2D eigenvalue weighted by molar-refractivity contribution is -0.385. The first kappa shape index (κ1) is 16.4. The van der Waals surface area contributed by atoms with E-state index in [-0.39, 0.29) is 29.5 Å². The molecular formula is C13H17BrN2O4. The van der Waals surface area contributed by atoms with E-state index in [4.69, 9.17) is 4.74 Å². The van der Waals surface area contributed by atoms with Gasteiger partial charge in [0, 0.05) is 17.9 Å². The van der Waals surface area contributed by atoms with Crippen LogP contribution in [0.2, 0.25) is 0 Å². The summed E-state index contributed by atoms with van der Waals surface area (Å²) in [7, 11) is 0. The van der Waals surface area contributed by atoms with Gasteiger partial charge in [-0.05, 0) is 25.8 Å². The number of unbranched alkanes of at least 4 members (excludes halogenated alkanes) is 1. The van der Waals surface area contributed by atoms with Crippen LogP contribution in [0.5, 0.6) is 5.75 Å². The van der Waals surface area contributed by atoms with Crippen molar-refractivity contribution in [3.8, 4) is 5.75 Å². The van der Waals surface area contributed by atoms with Crippen LogP contribution in [0, 0.1) is 10.1 Å². The summed E-state index contributed by atoms with van der Waals surface area (Å²) in [6, 6.07) is 4.33. The second-order valence-corrected chi connectivity index (χ2v) is 4.79. The van der Waals surface area contributed by atoms with Crippen molar-refractivity contribution in [2.24, 2.45) is 0 Å². The lowest BCUT2D eigenvalue weighted by Gasteiger charge is -2.10. The predicted octanol–water partition coefficient (Wildman–Crippen LogP) is 2.90. The zero-order chi connectivity index (χ0) is 15.0. The number of rotatable bonds is 8. The van der Waals surface area contributed by atoms with E-state index in [9.17, 15) is 14.9 Å². The number of hydrogen-bond donors (Lipinski definition) is 1. The number of ether oxygens (including phenoxy) is 1. The molecule has 110 valence electrons. The number of alkyl halides is 1. The lowest BCUT2D eigenvalue weighted by atomic mass is 10.1. The van der Waals surface area contributed by atoms with E-state index in [2.05, 4.69) is 21.2 Å². The normalized spacial score (nSPS) is 10.1. The highest BCUT2D eigenvalue weighted by molar-refractivity contribution is 9.09. The van der Waals surface area contributed by atoms with E-state index >= 15 is 0 Å². The van der Waals surface area contributed by atoms with E-state index in [1.165, 1.54) is 18.2 Å². The van der Waals surface area contributed by atoms with Crippen molar-refractivity contribution in [2.75, 3.05) is 18.5 Å². The van der Waals surface area contributed by atoms with E-state index in [1.54, 1.807) is 6.92 Å². The monoisotopic (exact) mass is 344 g/mol. The average Bonchev–Trinajstić information content (AvgIpc) is 2.43. The van der Waals surface area contributed by atoms with Crippen molar-refractivity contribution in [3.05, 3.63) is 33.9 Å². The van der Waals surface area contributed by atoms with Gasteiger partial charge in [0.25, 0.3) is 5.91 Å². The van der Waals surface area contributed by atoms with Gasteiger partial charge in [-0.2, -0.15) is 0 Å². The highest BCUT2D eigenvalue weighted by Crippen LogP contribution is 2.30. The largest absolute Gasteiger partial charge is 0.487 e. The summed E-state index contributed by atoms with van der Waals surface area (Å²) in [5.74, 6) is -0.329. The highest BCUT2D eigenvalue weighted by Gasteiger charge is 2.22. The van der Waals surface area contributed by atoms with Gasteiger partial charge >= 0.3 is 5.69 Å². The molecule has 0 aliphatic rings. The molecule has 1 N–H and O–H groups in total. The number of nitro benzene ring substituents is 1. The van der Waals surface area contributed by atoms with E-state index < -0.39 is 4.92 Å². The fourth-order valence-electron chi connectivity index (χ4n) is 1.66. The van der Waals surface area contributed by atoms with Crippen molar-refractivity contribution >= 4 is 27.5 Å². The molecule has 0 unspecified atom stereocenters. The van der Waals surface area contributed by atoms with Crippen LogP contribution in [-0.2, 0) is 0 Å². The molecule has 0 bridgehead atoms. The van der Waals surface area contributed by atoms with Crippen LogP contribution in [0.1, 0.15) is 30.1 Å². The molecule has 0 fully saturated rings. The standard InChI is InChI=1S/C13H17BrN2O4/c1-2-20-12-10(6-5-7-11(12)16(18)19)13(17)15-9-4-3-8-14/h5-7H,2-4,8-9H2,1H3,(H,15,17). The second-order valence-electron chi connectivity index (χ2n) is 4.00. The van der Waals surface area contributed by atoms with Gasteiger partial charge in [0.2, 0.25) is 5.75 Å². The summed E-state index contributed by atoms with van der Waals surface area (Å²) in [4.78, 5) is 22.5. The Labute approximate surface area is 125 Å². The van der Waals surface area contributed by atoms with E-state index in [0.29, 0.717) is 6.54 Å². The van der Waals surface area contributed by atoms with Crippen molar-refractivity contribution < 1.29 is 14.5 Å². The Hall–Kier alpha value is -1.63. The number of nitrogens with one attached hydrogen (secondary N) is 1. The van der Waals surface area contributed by atoms with Gasteiger partial charge in [0.1, 0.15) is 0 Å². The maximum atomic E-state index is 12.1. The topological polar surface area (TPSA) is 81.5 Å². The fraction of sp³-hybridized carbons (Fsp3) is 0.462. The molecule has 1 aromatic rings. The molecule has 0 spiro atoms. The summed E-state index contributed by atoms with van der Waals surface area (Å²) in [6.45, 7) is 2.50. The van der Waals surface area contributed by atoms with Crippen LogP contribution in [0.3, 0.4) is 0 Å². The van der Waals surface area contributed by atoms with Crippen LogP contribution in [0.15, 0.2) is 18.2 Å². The Morgan fingerprint density at radius 1 is 1.45 bits per heavy atom. The van der Waals surface area contributed by atoms with Gasteiger partial charge in [0.15, 0.2) is 0 Å². The molecule has 1 rings (SSSR count). The van der Waals surface area contributed by atoms with Crippen molar-refractivity contribution in [1.29, 1.82) is 0 Å². The number of halogens is 1. The van der Waals surface area contributed by atoms with Crippen LogP contribution in [-0.4, -0.2) is 29.3 Å². The molecule has 0 heterocycles. The molecule has 0 radical (unpaired) electrons. The van der Waals surface area contributed by atoms with Crippen LogP contribution in [0.4, 0.5) is 5.69 Å². The molecule has 0 aliphatic heterocycles. The zero-order valence-corrected chi connectivity index (χ0v) is 12.8. The molecule has 0 aliphatic carbocycles. The Kier molecular flexibility index (Phi) is 7.00. The number of nitrogens with zero attached hydrogens (tertiary/aromatic N) is 1. The minimum absolute atomic E-state index is 0.0259. The van der Waals surface area contributed by atoms with Gasteiger partial charge in [-0.15, -0.1) is 0 Å². The molecule has 7 heteroatoms. The summed E-state index contributed by atoms with van der Waals surface area (Å²) in [6.07, 6.45) is 1.80. The minimum atomic E-state index is -0.549. The number of para-hydroxylation sites is 1. The molecule has 0 saturated heterocycles. The Morgan fingerprint density at radius 2 is 2.20 bits per heavy atom. The van der Waals surface area contributed by atoms with E-state index in [1.807, 2.05) is 0 Å². The molecule has 1 aromatic carbocycles. The molecule has 0 atom stereocenters. The molecule has 1 amide bonds. The maximum Gasteiger partial charge on any atom is 0.311 e. The summed E-state index contributed by atoms with van der Waals surface area (Å²) in [5.41, 5.74) is -0.000139. The van der Waals surface area contributed by atoms with Crippen LogP contribution < -0.4 is 10.1 Å². The number of benzene rings is 1. The third kappa shape index (κ3) is 4.48. The third-order valence-corrected chi connectivity index (χ3v) is 3.13. The van der Waals surface area contributed by atoms with Crippen LogP contribution >= 0.6 is 15.9 Å². The molecule has 0 aromatic heterocycles. The van der Waals surface area contributed by atoms with Crippen molar-refractivity contribution in [3.63, 3.8) is 0 Å². The average molecular weight is 345 g/mol. The first-order valence-corrected chi connectivity index (χ1v) is 7.48. The number of hydrogen-bond acceptors (Lipinski definition) is 4. The van der Waals surface area contributed by atoms with Gasteiger partial charge < -0.3 is 10.1 Å². The van der Waals surface area contributed by atoms with Gasteiger partial charge in [-0.25, -0.2) is 0 Å². The number of carbonyl (C=O) groups is 1. The molecular weight excluding hydrogens is 328 g/mol. The van der Waals surface area contributed by atoms with Gasteiger partial charge in [0.05, 0.1) is 17.1 Å². The third-order valence-electron chi connectivity index (χ3n) is 2.57. The summed E-state index contributed by atoms with van der Waals surface area (Å²) < 4.78 is 5.27. The van der Waals surface area contributed by atoms with E-state index in [0.717, 1.165) is 18.2 Å². The number of carbonyl (C=O) groups excluding carboxylic acids is 1. The maximum absolute atomic E-state index is 12.1. The second kappa shape index (κ2) is 8.52. The fourth-order valence-corrected chi connectivity index (χ4v) is 2.06. The first-order chi connectivity index (χ1) is 9.61. The molecule has 0 saturated carbocycles. The lowest BCUT2D eigenvalue weighted by Crippen LogP contribution is -2.25. The Balaban J connectivity index is 2.89. The smallest absolute Gasteiger partial charge is 0.311 e. The van der Waals surface area contributed by atoms with Crippen molar-refractivity contribution in [1.82, 2.24) is 5.32 Å². The van der Waals surface area contributed by atoms with Crippen LogP contribution in [0.25, 0.3) is 0 Å². The zero-order valence-electron chi connectivity index (χ0n) is 11.2.